The third kappa shape index (κ3) is 1.97. The van der Waals surface area contributed by atoms with Crippen molar-refractivity contribution in [2.75, 3.05) is 0 Å². The fourth-order valence-electron chi connectivity index (χ4n) is 1.98. The molecule has 3 heterocycles. The SMILES string of the molecule is O=C(NC1CC1)c1csc2nc(-c3cccs3)cn12. The number of amides is 1. The van der Waals surface area contributed by atoms with Gasteiger partial charge in [0, 0.05) is 17.6 Å². The van der Waals surface area contributed by atoms with Crippen LogP contribution in [0.25, 0.3) is 15.5 Å². The number of imidazole rings is 1. The summed E-state index contributed by atoms with van der Waals surface area (Å²) >= 11 is 3.16. The largest absolute Gasteiger partial charge is 0.348 e. The van der Waals surface area contributed by atoms with E-state index >= 15 is 0 Å². The number of nitrogens with zero attached hydrogens (tertiary/aromatic N) is 2. The number of rotatable bonds is 3. The van der Waals surface area contributed by atoms with Gasteiger partial charge in [-0.2, -0.15) is 0 Å². The van der Waals surface area contributed by atoms with Crippen molar-refractivity contribution in [3.8, 4) is 10.6 Å². The Morgan fingerprint density at radius 1 is 1.42 bits per heavy atom. The summed E-state index contributed by atoms with van der Waals surface area (Å²) in [6.07, 6.45) is 4.15. The van der Waals surface area contributed by atoms with E-state index in [-0.39, 0.29) is 5.91 Å². The Morgan fingerprint density at radius 3 is 3.05 bits per heavy atom. The number of thiazole rings is 1. The number of thiophene rings is 1. The van der Waals surface area contributed by atoms with Gasteiger partial charge in [-0.3, -0.25) is 9.20 Å². The maximum atomic E-state index is 12.1. The van der Waals surface area contributed by atoms with Gasteiger partial charge >= 0.3 is 0 Å². The summed E-state index contributed by atoms with van der Waals surface area (Å²) in [6.45, 7) is 0. The molecular weight excluding hydrogens is 278 g/mol. The molecule has 3 aromatic heterocycles. The second-order valence-corrected chi connectivity index (χ2v) is 6.41. The van der Waals surface area contributed by atoms with E-state index in [1.54, 1.807) is 11.3 Å². The topological polar surface area (TPSA) is 46.4 Å². The van der Waals surface area contributed by atoms with Gasteiger partial charge in [0.15, 0.2) is 4.96 Å². The van der Waals surface area contributed by atoms with Crippen LogP contribution in [0.2, 0.25) is 0 Å². The molecule has 1 aliphatic rings. The molecule has 0 spiro atoms. The Morgan fingerprint density at radius 2 is 2.32 bits per heavy atom. The summed E-state index contributed by atoms with van der Waals surface area (Å²) in [5.74, 6) is 0.00359. The van der Waals surface area contributed by atoms with E-state index in [0.717, 1.165) is 28.4 Å². The van der Waals surface area contributed by atoms with Crippen LogP contribution in [0, 0.1) is 0 Å². The molecule has 96 valence electrons. The molecule has 3 aromatic rings. The monoisotopic (exact) mass is 289 g/mol. The predicted octanol–water partition coefficient (Wildman–Crippen LogP) is 3.02. The lowest BCUT2D eigenvalue weighted by Gasteiger charge is -2.00. The first-order valence-electron chi connectivity index (χ1n) is 6.12. The van der Waals surface area contributed by atoms with E-state index in [2.05, 4.69) is 10.3 Å². The zero-order valence-corrected chi connectivity index (χ0v) is 11.6. The fraction of sp³-hybridized carbons (Fsp3) is 0.231. The predicted molar refractivity (Wildman–Crippen MR) is 76.9 cm³/mol. The first-order chi connectivity index (χ1) is 9.31. The number of hydrogen-bond acceptors (Lipinski definition) is 4. The molecule has 0 saturated heterocycles. The molecule has 1 fully saturated rings. The zero-order chi connectivity index (χ0) is 12.8. The van der Waals surface area contributed by atoms with Crippen molar-refractivity contribution in [3.05, 3.63) is 34.8 Å². The van der Waals surface area contributed by atoms with E-state index in [1.807, 2.05) is 33.5 Å². The third-order valence-electron chi connectivity index (χ3n) is 3.13. The Kier molecular flexibility index (Phi) is 2.46. The van der Waals surface area contributed by atoms with Crippen molar-refractivity contribution in [1.29, 1.82) is 0 Å². The summed E-state index contributed by atoms with van der Waals surface area (Å²) in [4.78, 5) is 18.7. The minimum absolute atomic E-state index is 0.00359. The highest BCUT2D eigenvalue weighted by molar-refractivity contribution is 7.15. The molecule has 19 heavy (non-hydrogen) atoms. The summed E-state index contributed by atoms with van der Waals surface area (Å²) in [5, 5.41) is 6.92. The van der Waals surface area contributed by atoms with Crippen molar-refractivity contribution in [3.63, 3.8) is 0 Å². The highest BCUT2D eigenvalue weighted by Gasteiger charge is 2.25. The van der Waals surface area contributed by atoms with Gasteiger partial charge in [-0.1, -0.05) is 6.07 Å². The Hall–Kier alpha value is -1.66. The number of carbonyl (C=O) groups is 1. The number of fused-ring (bicyclic) bond motifs is 1. The maximum absolute atomic E-state index is 12.1. The second kappa shape index (κ2) is 4.18. The van der Waals surface area contributed by atoms with Gasteiger partial charge in [0.05, 0.1) is 4.88 Å². The lowest BCUT2D eigenvalue weighted by atomic mass is 10.4. The van der Waals surface area contributed by atoms with Gasteiger partial charge in [-0.15, -0.1) is 22.7 Å². The van der Waals surface area contributed by atoms with Gasteiger partial charge in [-0.05, 0) is 24.3 Å². The van der Waals surface area contributed by atoms with Gasteiger partial charge in [-0.25, -0.2) is 4.98 Å². The molecule has 6 heteroatoms. The Balaban J connectivity index is 1.73. The number of aromatic nitrogens is 2. The van der Waals surface area contributed by atoms with E-state index < -0.39 is 0 Å². The fourth-order valence-corrected chi connectivity index (χ4v) is 3.51. The van der Waals surface area contributed by atoms with Crippen LogP contribution in [0.3, 0.4) is 0 Å². The van der Waals surface area contributed by atoms with Gasteiger partial charge in [0.1, 0.15) is 11.4 Å². The first kappa shape index (κ1) is 11.2. The van der Waals surface area contributed by atoms with Crippen LogP contribution < -0.4 is 5.32 Å². The van der Waals surface area contributed by atoms with E-state index in [0.29, 0.717) is 11.7 Å². The lowest BCUT2D eigenvalue weighted by Crippen LogP contribution is -2.26. The highest BCUT2D eigenvalue weighted by atomic mass is 32.1. The van der Waals surface area contributed by atoms with Gasteiger partial charge in [0.25, 0.3) is 5.91 Å². The van der Waals surface area contributed by atoms with Crippen LogP contribution in [0.15, 0.2) is 29.1 Å². The van der Waals surface area contributed by atoms with Crippen LogP contribution >= 0.6 is 22.7 Å². The molecule has 0 unspecified atom stereocenters. The molecule has 0 radical (unpaired) electrons. The molecule has 1 aliphatic carbocycles. The standard InChI is InChI=1S/C13H11N3OS2/c17-12(14-8-3-4-8)10-7-19-13-15-9(6-16(10)13)11-2-1-5-18-11/h1-2,5-8H,3-4H2,(H,14,17). The van der Waals surface area contributed by atoms with Crippen LogP contribution in [0.1, 0.15) is 23.3 Å². The van der Waals surface area contributed by atoms with Gasteiger partial charge < -0.3 is 5.32 Å². The van der Waals surface area contributed by atoms with Crippen molar-refractivity contribution < 1.29 is 4.79 Å². The highest BCUT2D eigenvalue weighted by Crippen LogP contribution is 2.27. The lowest BCUT2D eigenvalue weighted by molar-refractivity contribution is 0.0945. The second-order valence-electron chi connectivity index (χ2n) is 4.62. The number of hydrogen-bond donors (Lipinski definition) is 1. The molecular formula is C13H11N3OS2. The molecule has 1 amide bonds. The molecule has 0 aliphatic heterocycles. The summed E-state index contributed by atoms with van der Waals surface area (Å²) in [5.41, 5.74) is 1.62. The summed E-state index contributed by atoms with van der Waals surface area (Å²) in [7, 11) is 0. The third-order valence-corrected chi connectivity index (χ3v) is 4.86. The molecule has 0 bridgehead atoms. The van der Waals surface area contributed by atoms with Crippen LogP contribution in [-0.2, 0) is 0 Å². The smallest absolute Gasteiger partial charge is 0.269 e. The summed E-state index contributed by atoms with van der Waals surface area (Å²) < 4.78 is 1.89. The molecule has 1 N–H and O–H groups in total. The van der Waals surface area contributed by atoms with Crippen molar-refractivity contribution in [1.82, 2.24) is 14.7 Å². The van der Waals surface area contributed by atoms with Crippen molar-refractivity contribution in [2.45, 2.75) is 18.9 Å². The average molecular weight is 289 g/mol. The van der Waals surface area contributed by atoms with Crippen LogP contribution in [0.4, 0.5) is 0 Å². The maximum Gasteiger partial charge on any atom is 0.269 e. The minimum Gasteiger partial charge on any atom is -0.348 e. The van der Waals surface area contributed by atoms with Crippen molar-refractivity contribution in [2.24, 2.45) is 0 Å². The number of nitrogens with one attached hydrogen (secondary N) is 1. The molecule has 1 saturated carbocycles. The Bertz CT molecular complexity index is 737. The minimum atomic E-state index is 0.00359. The van der Waals surface area contributed by atoms with E-state index in [1.165, 1.54) is 11.3 Å². The normalized spacial score (nSPS) is 14.9. The van der Waals surface area contributed by atoms with Gasteiger partial charge in [0.2, 0.25) is 0 Å². The Labute approximate surface area is 117 Å². The van der Waals surface area contributed by atoms with Crippen LogP contribution in [0.5, 0.6) is 0 Å². The molecule has 0 atom stereocenters. The average Bonchev–Trinajstić information content (AvgIpc) is 2.87. The van der Waals surface area contributed by atoms with E-state index in [4.69, 9.17) is 0 Å². The molecule has 4 rings (SSSR count). The number of carbonyl (C=O) groups excluding carboxylic acids is 1. The molecule has 0 aromatic carbocycles. The summed E-state index contributed by atoms with van der Waals surface area (Å²) in [6, 6.07) is 4.43. The molecule has 4 nitrogen and oxygen atoms in total. The van der Waals surface area contributed by atoms with Crippen molar-refractivity contribution >= 4 is 33.5 Å². The quantitative estimate of drug-likeness (QED) is 0.805. The van der Waals surface area contributed by atoms with Crippen LogP contribution in [-0.4, -0.2) is 21.3 Å². The first-order valence-corrected chi connectivity index (χ1v) is 7.88. The zero-order valence-electron chi connectivity index (χ0n) is 10.00. The van der Waals surface area contributed by atoms with E-state index in [9.17, 15) is 4.79 Å².